The molecule has 0 radical (unpaired) electrons. The molecule has 0 N–H and O–H groups in total. The van der Waals surface area contributed by atoms with E-state index in [1.165, 1.54) is 64.2 Å². The number of carbonyl (C=O) groups is 1. The van der Waals surface area contributed by atoms with Gasteiger partial charge in [-0.1, -0.05) is 45.1 Å². The van der Waals surface area contributed by atoms with E-state index in [1.807, 2.05) is 6.92 Å². The molecular weight excluding hydrogens is 222 g/mol. The molecule has 0 saturated heterocycles. The Labute approximate surface area is 111 Å². The predicted octanol–water partition coefficient (Wildman–Crippen LogP) is 4.06. The van der Waals surface area contributed by atoms with Gasteiger partial charge in [-0.3, -0.25) is 4.79 Å². The highest BCUT2D eigenvalue weighted by Gasteiger charge is 2.32. The van der Waals surface area contributed by atoms with E-state index < -0.39 is 0 Å². The summed E-state index contributed by atoms with van der Waals surface area (Å²) in [5.74, 6) is 0.216. The molecule has 0 aromatic heterocycles. The van der Waals surface area contributed by atoms with E-state index >= 15 is 0 Å². The first-order chi connectivity index (χ1) is 8.70. The van der Waals surface area contributed by atoms with Crippen LogP contribution < -0.4 is 0 Å². The van der Waals surface area contributed by atoms with Crippen LogP contribution >= 0.6 is 0 Å². The van der Waals surface area contributed by atoms with Crippen LogP contribution in [-0.4, -0.2) is 22.9 Å². The van der Waals surface area contributed by atoms with Gasteiger partial charge in [0.15, 0.2) is 0 Å². The van der Waals surface area contributed by atoms with E-state index in [0.29, 0.717) is 17.7 Å². The second-order valence-corrected chi connectivity index (χ2v) is 6.08. The Kier molecular flexibility index (Phi) is 4.85. The third kappa shape index (κ3) is 3.15. The summed E-state index contributed by atoms with van der Waals surface area (Å²) in [5, 5.41) is 0. The predicted molar refractivity (Wildman–Crippen MR) is 75.4 cm³/mol. The van der Waals surface area contributed by atoms with Crippen molar-refractivity contribution in [3.05, 3.63) is 12.2 Å². The molecule has 2 aliphatic rings. The Balaban J connectivity index is 2.10. The number of amides is 1. The average molecular weight is 249 g/mol. The van der Waals surface area contributed by atoms with Gasteiger partial charge >= 0.3 is 0 Å². The van der Waals surface area contributed by atoms with Crippen molar-refractivity contribution in [2.24, 2.45) is 0 Å². The summed E-state index contributed by atoms with van der Waals surface area (Å²) in [4.78, 5) is 14.7. The van der Waals surface area contributed by atoms with Gasteiger partial charge in [0.25, 0.3) is 0 Å². The number of nitrogens with zero attached hydrogens (tertiary/aromatic N) is 1. The minimum atomic E-state index is 0.216. The maximum absolute atomic E-state index is 12.5. The first-order valence-corrected chi connectivity index (χ1v) is 7.68. The molecule has 2 aliphatic carbocycles. The van der Waals surface area contributed by atoms with Crippen molar-refractivity contribution < 1.29 is 4.79 Å². The van der Waals surface area contributed by atoms with Gasteiger partial charge in [-0.25, -0.2) is 0 Å². The highest BCUT2D eigenvalue weighted by molar-refractivity contribution is 5.92. The zero-order valence-corrected chi connectivity index (χ0v) is 11.8. The zero-order valence-electron chi connectivity index (χ0n) is 11.8. The second kappa shape index (κ2) is 6.40. The molecule has 0 aromatic carbocycles. The molecular formula is C16H27NO. The fourth-order valence-corrected chi connectivity index (χ4v) is 3.57. The van der Waals surface area contributed by atoms with E-state index in [4.69, 9.17) is 0 Å². The molecule has 102 valence electrons. The smallest absolute Gasteiger partial charge is 0.249 e. The third-order valence-electron chi connectivity index (χ3n) is 4.54. The molecule has 2 fully saturated rings. The van der Waals surface area contributed by atoms with Crippen LogP contribution in [-0.2, 0) is 4.79 Å². The lowest BCUT2D eigenvalue weighted by atomic mass is 9.88. The zero-order chi connectivity index (χ0) is 13.0. The van der Waals surface area contributed by atoms with Crippen LogP contribution in [0.25, 0.3) is 0 Å². The summed E-state index contributed by atoms with van der Waals surface area (Å²) in [6.45, 7) is 5.74. The molecule has 0 atom stereocenters. The van der Waals surface area contributed by atoms with E-state index in [2.05, 4.69) is 11.5 Å². The Bertz CT molecular complexity index is 280. The molecule has 1 amide bonds. The first kappa shape index (κ1) is 13.6. The molecule has 0 aromatic rings. The standard InChI is InChI=1S/C16H27NO/c1-13(2)16(18)17(14-9-5-3-6-10-14)15-11-7-4-8-12-15/h14-15H,1,3-12H2,2H3. The van der Waals surface area contributed by atoms with Crippen molar-refractivity contribution in [2.75, 3.05) is 0 Å². The summed E-state index contributed by atoms with van der Waals surface area (Å²) < 4.78 is 0. The van der Waals surface area contributed by atoms with Crippen LogP contribution in [0.15, 0.2) is 12.2 Å². The highest BCUT2D eigenvalue weighted by atomic mass is 16.2. The van der Waals surface area contributed by atoms with Gasteiger partial charge in [0.1, 0.15) is 0 Å². The maximum atomic E-state index is 12.5. The number of rotatable bonds is 3. The molecule has 0 bridgehead atoms. The molecule has 0 heterocycles. The largest absolute Gasteiger partial charge is 0.333 e. The summed E-state index contributed by atoms with van der Waals surface area (Å²) in [6.07, 6.45) is 12.7. The van der Waals surface area contributed by atoms with Crippen molar-refractivity contribution in [2.45, 2.75) is 83.2 Å². The van der Waals surface area contributed by atoms with Gasteiger partial charge in [0.05, 0.1) is 0 Å². The molecule has 0 spiro atoms. The van der Waals surface area contributed by atoms with Crippen LogP contribution in [0.2, 0.25) is 0 Å². The van der Waals surface area contributed by atoms with E-state index in [9.17, 15) is 4.79 Å². The summed E-state index contributed by atoms with van der Waals surface area (Å²) in [7, 11) is 0. The van der Waals surface area contributed by atoms with E-state index in [0.717, 1.165) is 0 Å². The Morgan fingerprint density at radius 1 is 0.889 bits per heavy atom. The molecule has 2 rings (SSSR count). The molecule has 18 heavy (non-hydrogen) atoms. The van der Waals surface area contributed by atoms with Crippen molar-refractivity contribution in [3.63, 3.8) is 0 Å². The van der Waals surface area contributed by atoms with Gasteiger partial charge in [-0.05, 0) is 32.6 Å². The van der Waals surface area contributed by atoms with E-state index in [-0.39, 0.29) is 5.91 Å². The third-order valence-corrected chi connectivity index (χ3v) is 4.54. The van der Waals surface area contributed by atoms with Crippen molar-refractivity contribution in [3.8, 4) is 0 Å². The lowest BCUT2D eigenvalue weighted by Crippen LogP contribution is -2.49. The molecule has 0 aliphatic heterocycles. The van der Waals surface area contributed by atoms with Gasteiger partial charge in [-0.15, -0.1) is 0 Å². The SMILES string of the molecule is C=C(C)C(=O)N(C1CCCCC1)C1CCCCC1. The summed E-state index contributed by atoms with van der Waals surface area (Å²) in [5.41, 5.74) is 0.714. The quantitative estimate of drug-likeness (QED) is 0.691. The van der Waals surface area contributed by atoms with Gasteiger partial charge in [0.2, 0.25) is 5.91 Å². The topological polar surface area (TPSA) is 20.3 Å². The van der Waals surface area contributed by atoms with Crippen molar-refractivity contribution >= 4 is 5.91 Å². The molecule has 2 heteroatoms. The maximum Gasteiger partial charge on any atom is 0.249 e. The van der Waals surface area contributed by atoms with E-state index in [1.54, 1.807) is 0 Å². The van der Waals surface area contributed by atoms with Crippen LogP contribution in [0, 0.1) is 0 Å². The first-order valence-electron chi connectivity index (χ1n) is 7.68. The van der Waals surface area contributed by atoms with Crippen LogP contribution in [0.5, 0.6) is 0 Å². The number of hydrogen-bond acceptors (Lipinski definition) is 1. The van der Waals surface area contributed by atoms with Crippen molar-refractivity contribution in [1.82, 2.24) is 4.90 Å². The Hall–Kier alpha value is -0.790. The normalized spacial score (nSPS) is 22.7. The average Bonchev–Trinajstić information content (AvgIpc) is 2.41. The lowest BCUT2D eigenvalue weighted by molar-refractivity contribution is -0.133. The Morgan fingerprint density at radius 2 is 1.28 bits per heavy atom. The van der Waals surface area contributed by atoms with Crippen LogP contribution in [0.3, 0.4) is 0 Å². The minimum Gasteiger partial charge on any atom is -0.333 e. The van der Waals surface area contributed by atoms with Crippen molar-refractivity contribution in [1.29, 1.82) is 0 Å². The molecule has 2 saturated carbocycles. The minimum absolute atomic E-state index is 0.216. The van der Waals surface area contributed by atoms with Crippen LogP contribution in [0.4, 0.5) is 0 Å². The molecule has 0 unspecified atom stereocenters. The summed E-state index contributed by atoms with van der Waals surface area (Å²) in [6, 6.07) is 0.983. The molecule has 2 nitrogen and oxygen atoms in total. The van der Waals surface area contributed by atoms with Gasteiger partial charge in [-0.2, -0.15) is 0 Å². The Morgan fingerprint density at radius 3 is 1.61 bits per heavy atom. The van der Waals surface area contributed by atoms with Crippen LogP contribution in [0.1, 0.15) is 71.1 Å². The van der Waals surface area contributed by atoms with Gasteiger partial charge in [0, 0.05) is 17.7 Å². The number of carbonyl (C=O) groups excluding carboxylic acids is 1. The second-order valence-electron chi connectivity index (χ2n) is 6.08. The fourth-order valence-electron chi connectivity index (χ4n) is 3.57. The monoisotopic (exact) mass is 249 g/mol. The fraction of sp³-hybridized carbons (Fsp3) is 0.812. The summed E-state index contributed by atoms with van der Waals surface area (Å²) >= 11 is 0. The highest BCUT2D eigenvalue weighted by Crippen LogP contribution is 2.31. The lowest BCUT2D eigenvalue weighted by Gasteiger charge is -2.42. The number of hydrogen-bond donors (Lipinski definition) is 0. The van der Waals surface area contributed by atoms with Gasteiger partial charge < -0.3 is 4.90 Å².